The molecule has 1 N–H and O–H groups in total. The predicted octanol–water partition coefficient (Wildman–Crippen LogP) is 2.02. The lowest BCUT2D eigenvalue weighted by Crippen LogP contribution is -2.58. The molecular weight excluding hydrogens is 224 g/mol. The van der Waals surface area contributed by atoms with Crippen molar-refractivity contribution in [3.63, 3.8) is 0 Å². The third-order valence-corrected chi connectivity index (χ3v) is 4.25. The Labute approximate surface area is 108 Å². The van der Waals surface area contributed by atoms with Gasteiger partial charge in [-0.2, -0.15) is 0 Å². The molecule has 0 spiro atoms. The third-order valence-electron chi connectivity index (χ3n) is 4.25. The van der Waals surface area contributed by atoms with Crippen LogP contribution < -0.4 is 5.32 Å². The molecule has 3 rings (SSSR count). The minimum Gasteiger partial charge on any atom is -0.337 e. The molecule has 0 saturated carbocycles. The summed E-state index contributed by atoms with van der Waals surface area (Å²) < 4.78 is 0. The van der Waals surface area contributed by atoms with Crippen LogP contribution in [0.2, 0.25) is 0 Å². The van der Waals surface area contributed by atoms with Crippen LogP contribution in [0.15, 0.2) is 24.3 Å². The SMILES string of the molecule is Cc1ccccc1C1NCC(=O)N2CCCCC12. The van der Waals surface area contributed by atoms with Gasteiger partial charge in [0.15, 0.2) is 0 Å². The van der Waals surface area contributed by atoms with Crippen LogP contribution in [0.3, 0.4) is 0 Å². The Balaban J connectivity index is 1.92. The van der Waals surface area contributed by atoms with Gasteiger partial charge in [0.25, 0.3) is 0 Å². The van der Waals surface area contributed by atoms with Crippen LogP contribution in [0.5, 0.6) is 0 Å². The van der Waals surface area contributed by atoms with Crippen LogP contribution in [0.4, 0.5) is 0 Å². The highest BCUT2D eigenvalue weighted by atomic mass is 16.2. The van der Waals surface area contributed by atoms with Gasteiger partial charge >= 0.3 is 0 Å². The molecule has 2 saturated heterocycles. The monoisotopic (exact) mass is 244 g/mol. The lowest BCUT2D eigenvalue weighted by molar-refractivity contribution is -0.138. The van der Waals surface area contributed by atoms with E-state index in [0.717, 1.165) is 19.4 Å². The molecule has 0 aliphatic carbocycles. The largest absolute Gasteiger partial charge is 0.337 e. The number of carbonyl (C=O) groups is 1. The summed E-state index contributed by atoms with van der Waals surface area (Å²) in [5.74, 6) is 0.268. The molecule has 0 aromatic heterocycles. The second-order valence-electron chi connectivity index (χ2n) is 5.37. The number of nitrogens with zero attached hydrogens (tertiary/aromatic N) is 1. The highest BCUT2D eigenvalue weighted by Gasteiger charge is 2.37. The van der Waals surface area contributed by atoms with Gasteiger partial charge in [-0.25, -0.2) is 0 Å². The van der Waals surface area contributed by atoms with Crippen LogP contribution in [0, 0.1) is 6.92 Å². The van der Waals surface area contributed by atoms with E-state index in [1.54, 1.807) is 0 Å². The molecule has 1 amide bonds. The van der Waals surface area contributed by atoms with Gasteiger partial charge in [-0.3, -0.25) is 10.1 Å². The Morgan fingerprint density at radius 1 is 1.28 bits per heavy atom. The highest BCUT2D eigenvalue weighted by molar-refractivity contribution is 5.80. The maximum absolute atomic E-state index is 12.0. The number of aryl methyl sites for hydroxylation is 1. The smallest absolute Gasteiger partial charge is 0.236 e. The number of hydrogen-bond donors (Lipinski definition) is 1. The standard InChI is InChI=1S/C15H20N2O/c1-11-6-2-3-7-12(11)15-13-8-4-5-9-17(13)14(18)10-16-15/h2-3,6-7,13,15-16H,4-5,8-10H2,1H3. The second-order valence-corrected chi connectivity index (χ2v) is 5.37. The molecule has 0 bridgehead atoms. The van der Waals surface area contributed by atoms with Crippen molar-refractivity contribution in [1.29, 1.82) is 0 Å². The van der Waals surface area contributed by atoms with Crippen molar-refractivity contribution in [3.05, 3.63) is 35.4 Å². The molecule has 3 heteroatoms. The fraction of sp³-hybridized carbons (Fsp3) is 0.533. The summed E-state index contributed by atoms with van der Waals surface area (Å²) in [6.07, 6.45) is 3.51. The molecule has 2 aliphatic heterocycles. The van der Waals surface area contributed by atoms with Gasteiger partial charge in [0.2, 0.25) is 5.91 Å². The number of benzene rings is 1. The molecule has 2 atom stereocenters. The molecule has 2 fully saturated rings. The van der Waals surface area contributed by atoms with Gasteiger partial charge in [-0.15, -0.1) is 0 Å². The van der Waals surface area contributed by atoms with Crippen LogP contribution in [0.25, 0.3) is 0 Å². The van der Waals surface area contributed by atoms with E-state index in [1.807, 2.05) is 0 Å². The molecule has 0 radical (unpaired) electrons. The fourth-order valence-electron chi connectivity index (χ4n) is 3.30. The van der Waals surface area contributed by atoms with E-state index < -0.39 is 0 Å². The summed E-state index contributed by atoms with van der Waals surface area (Å²) in [6, 6.07) is 9.17. The molecule has 96 valence electrons. The lowest BCUT2D eigenvalue weighted by Gasteiger charge is -2.45. The molecule has 2 aliphatic rings. The molecule has 2 unspecified atom stereocenters. The average Bonchev–Trinajstić information content (AvgIpc) is 2.41. The summed E-state index contributed by atoms with van der Waals surface area (Å²) in [6.45, 7) is 3.57. The zero-order chi connectivity index (χ0) is 12.5. The Kier molecular flexibility index (Phi) is 3.08. The van der Waals surface area contributed by atoms with E-state index in [2.05, 4.69) is 41.4 Å². The maximum Gasteiger partial charge on any atom is 0.236 e. The lowest BCUT2D eigenvalue weighted by atomic mass is 9.87. The number of nitrogens with one attached hydrogen (secondary N) is 1. The third kappa shape index (κ3) is 1.93. The number of rotatable bonds is 1. The molecule has 1 aromatic rings. The van der Waals surface area contributed by atoms with Crippen LogP contribution in [-0.2, 0) is 4.79 Å². The number of piperidine rings is 1. The Hall–Kier alpha value is -1.35. The number of fused-ring (bicyclic) bond motifs is 1. The first kappa shape index (κ1) is 11.7. The number of piperazine rings is 1. The van der Waals surface area contributed by atoms with Crippen molar-refractivity contribution in [1.82, 2.24) is 10.2 Å². The van der Waals surface area contributed by atoms with Gasteiger partial charge in [0.05, 0.1) is 18.6 Å². The number of hydrogen-bond acceptors (Lipinski definition) is 2. The zero-order valence-corrected chi connectivity index (χ0v) is 10.9. The summed E-state index contributed by atoms with van der Waals surface area (Å²) in [4.78, 5) is 14.0. The quantitative estimate of drug-likeness (QED) is 0.819. The van der Waals surface area contributed by atoms with Crippen molar-refractivity contribution in [2.45, 2.75) is 38.3 Å². The molecule has 1 aromatic carbocycles. The predicted molar refractivity (Wildman–Crippen MR) is 71.3 cm³/mol. The van der Waals surface area contributed by atoms with Gasteiger partial charge in [0.1, 0.15) is 0 Å². The summed E-state index contributed by atoms with van der Waals surface area (Å²) in [5.41, 5.74) is 2.66. The van der Waals surface area contributed by atoms with Gasteiger partial charge in [-0.05, 0) is 37.3 Å². The topological polar surface area (TPSA) is 32.3 Å². The van der Waals surface area contributed by atoms with Crippen molar-refractivity contribution in [2.75, 3.05) is 13.1 Å². The van der Waals surface area contributed by atoms with Crippen molar-refractivity contribution < 1.29 is 4.79 Å². The average molecular weight is 244 g/mol. The van der Waals surface area contributed by atoms with E-state index in [1.165, 1.54) is 17.5 Å². The number of carbonyl (C=O) groups excluding carboxylic acids is 1. The Bertz CT molecular complexity index is 458. The molecule has 2 heterocycles. The van der Waals surface area contributed by atoms with Crippen LogP contribution in [-0.4, -0.2) is 29.9 Å². The van der Waals surface area contributed by atoms with E-state index in [4.69, 9.17) is 0 Å². The van der Waals surface area contributed by atoms with E-state index >= 15 is 0 Å². The normalized spacial score (nSPS) is 28.1. The maximum atomic E-state index is 12.0. The molecular formula is C15H20N2O. The zero-order valence-electron chi connectivity index (χ0n) is 10.9. The first-order valence-electron chi connectivity index (χ1n) is 6.86. The molecule has 3 nitrogen and oxygen atoms in total. The van der Waals surface area contributed by atoms with Crippen molar-refractivity contribution >= 4 is 5.91 Å². The van der Waals surface area contributed by atoms with Gasteiger partial charge in [-0.1, -0.05) is 24.3 Å². The Morgan fingerprint density at radius 3 is 2.94 bits per heavy atom. The van der Waals surface area contributed by atoms with Crippen molar-refractivity contribution in [2.24, 2.45) is 0 Å². The highest BCUT2D eigenvalue weighted by Crippen LogP contribution is 2.32. The Morgan fingerprint density at radius 2 is 2.11 bits per heavy atom. The first-order chi connectivity index (χ1) is 8.77. The van der Waals surface area contributed by atoms with E-state index in [9.17, 15) is 4.79 Å². The minimum atomic E-state index is 0.268. The van der Waals surface area contributed by atoms with Crippen molar-refractivity contribution in [3.8, 4) is 0 Å². The first-order valence-corrected chi connectivity index (χ1v) is 6.86. The summed E-state index contributed by atoms with van der Waals surface area (Å²) in [5, 5.41) is 3.43. The van der Waals surface area contributed by atoms with Gasteiger partial charge in [0, 0.05) is 6.54 Å². The van der Waals surface area contributed by atoms with Gasteiger partial charge < -0.3 is 4.90 Å². The van der Waals surface area contributed by atoms with E-state index in [0.29, 0.717) is 18.6 Å². The summed E-state index contributed by atoms with van der Waals surface area (Å²) in [7, 11) is 0. The number of amides is 1. The van der Waals surface area contributed by atoms with Crippen LogP contribution >= 0.6 is 0 Å². The van der Waals surface area contributed by atoms with E-state index in [-0.39, 0.29) is 5.91 Å². The van der Waals surface area contributed by atoms with Crippen LogP contribution in [0.1, 0.15) is 36.4 Å². The second kappa shape index (κ2) is 4.73. The summed E-state index contributed by atoms with van der Waals surface area (Å²) >= 11 is 0. The molecule has 18 heavy (non-hydrogen) atoms. The minimum absolute atomic E-state index is 0.268. The fourth-order valence-corrected chi connectivity index (χ4v) is 3.30.